The molecule has 1 atom stereocenters. The number of ether oxygens (including phenoxy) is 1. The third-order valence-electron chi connectivity index (χ3n) is 5.06. The first-order valence-corrected chi connectivity index (χ1v) is 17.4. The summed E-state index contributed by atoms with van der Waals surface area (Å²) in [5, 5.41) is 5.32. The Hall–Kier alpha value is -1.97. The van der Waals surface area contributed by atoms with Crippen LogP contribution in [-0.2, 0) is 44.9 Å². The van der Waals surface area contributed by atoms with Crippen molar-refractivity contribution in [3.05, 3.63) is 30.1 Å². The van der Waals surface area contributed by atoms with Gasteiger partial charge in [-0.05, 0) is 88.1 Å². The zero-order valence-electron chi connectivity index (χ0n) is 26.9. The maximum atomic E-state index is 14.4. The predicted molar refractivity (Wildman–Crippen MR) is 160 cm³/mol. The van der Waals surface area contributed by atoms with Crippen LogP contribution in [0.15, 0.2) is 29.6 Å². The molecule has 1 aromatic rings. The van der Waals surface area contributed by atoms with Crippen molar-refractivity contribution in [2.75, 3.05) is 6.54 Å². The number of aromatic nitrogens is 1. The lowest BCUT2D eigenvalue weighted by molar-refractivity contribution is -0.698. The summed E-state index contributed by atoms with van der Waals surface area (Å²) < 4.78 is 59.3. The molecule has 0 fully saturated rings. The van der Waals surface area contributed by atoms with Gasteiger partial charge in [0.1, 0.15) is 16.2 Å². The van der Waals surface area contributed by atoms with Gasteiger partial charge in [0.15, 0.2) is 24.3 Å². The number of carbonyl (C=O) groups is 1. The van der Waals surface area contributed by atoms with Crippen LogP contribution in [-0.4, -0.2) is 54.1 Å². The van der Waals surface area contributed by atoms with Crippen molar-refractivity contribution in [3.8, 4) is 0 Å². The minimum Gasteiger partial charge on any atom is -0.444 e. The van der Waals surface area contributed by atoms with E-state index in [0.29, 0.717) is 12.1 Å². The van der Waals surface area contributed by atoms with Gasteiger partial charge < -0.3 is 28.1 Å². The molecule has 0 radical (unpaired) electrons. The molecule has 240 valence electrons. The van der Waals surface area contributed by atoms with Crippen LogP contribution in [0.4, 0.5) is 4.79 Å². The first kappa shape index (κ1) is 38.1. The van der Waals surface area contributed by atoms with Gasteiger partial charge in [0, 0.05) is 12.1 Å². The SMILES string of the molecule is CC(C)OP(=O)(OC(C)C)C(Cc1cc[n+](CC(CNC(=O)OC(C)(C)C)N=[N+]=N)cc1)P(=O)(OC(C)C)OC(C)C. The first-order valence-electron chi connectivity index (χ1n) is 14.2. The van der Waals surface area contributed by atoms with E-state index in [1.807, 2.05) is 0 Å². The lowest BCUT2D eigenvalue weighted by Crippen LogP contribution is -2.44. The fourth-order valence-electron chi connectivity index (χ4n) is 3.84. The molecule has 15 heteroatoms. The number of pyridine rings is 1. The first-order chi connectivity index (χ1) is 19.3. The molecule has 1 amide bonds. The number of hydrogen-bond donors (Lipinski definition) is 2. The minimum atomic E-state index is -4.04. The zero-order chi connectivity index (χ0) is 32.3. The van der Waals surface area contributed by atoms with Crippen LogP contribution in [0.1, 0.15) is 81.7 Å². The van der Waals surface area contributed by atoms with Crippen molar-refractivity contribution in [1.82, 2.24) is 10.2 Å². The van der Waals surface area contributed by atoms with E-state index in [1.165, 1.54) is 0 Å². The summed E-state index contributed by atoms with van der Waals surface area (Å²) >= 11 is 0. The molecule has 2 N–H and O–H groups in total. The average molecular weight is 636 g/mol. The Morgan fingerprint density at radius 1 is 0.905 bits per heavy atom. The molecule has 1 unspecified atom stereocenters. The van der Waals surface area contributed by atoms with Crippen LogP contribution < -0.4 is 14.8 Å². The molecular formula is C27H51N5O8P2+2. The van der Waals surface area contributed by atoms with Crippen molar-refractivity contribution >= 4 is 21.3 Å². The van der Waals surface area contributed by atoms with Gasteiger partial charge in [-0.3, -0.25) is 9.13 Å². The third kappa shape index (κ3) is 14.0. The second-order valence-electron chi connectivity index (χ2n) is 12.0. The molecule has 0 aliphatic rings. The van der Waals surface area contributed by atoms with Gasteiger partial charge in [0.05, 0.1) is 31.0 Å². The molecule has 0 aliphatic carbocycles. The highest BCUT2D eigenvalue weighted by molar-refractivity contribution is 7.72. The maximum Gasteiger partial charge on any atom is 0.407 e. The molecule has 1 heterocycles. The topological polar surface area (TPSA) is 164 Å². The Morgan fingerprint density at radius 3 is 1.69 bits per heavy atom. The second-order valence-corrected chi connectivity index (χ2v) is 16.7. The van der Waals surface area contributed by atoms with E-state index in [9.17, 15) is 13.9 Å². The molecule has 0 spiro atoms. The van der Waals surface area contributed by atoms with Crippen molar-refractivity contribution in [2.45, 2.75) is 131 Å². The number of alkyl carbamates (subject to hydrolysis) is 1. The maximum absolute atomic E-state index is 14.4. The highest BCUT2D eigenvalue weighted by atomic mass is 31.2. The molecule has 1 aromatic heterocycles. The number of rotatable bonds is 17. The molecular weight excluding hydrogens is 584 g/mol. The molecule has 0 saturated carbocycles. The van der Waals surface area contributed by atoms with Crippen LogP contribution in [0, 0.1) is 5.53 Å². The van der Waals surface area contributed by atoms with Gasteiger partial charge in [-0.1, -0.05) is 0 Å². The van der Waals surface area contributed by atoms with Gasteiger partial charge in [-0.25, -0.2) is 9.36 Å². The quantitative estimate of drug-likeness (QED) is 0.0863. The van der Waals surface area contributed by atoms with Crippen molar-refractivity contribution < 1.29 is 41.3 Å². The summed E-state index contributed by atoms with van der Waals surface area (Å²) in [4.78, 5) is 15.2. The van der Waals surface area contributed by atoms with Gasteiger partial charge in [0.25, 0.3) is 0 Å². The standard InChI is InChI=1S/C27H50N5O8P2/c1-19(2)37-41(34,38-20(3)4)25(42(35,39-21(5)6)40-22(7)8)16-23-12-14-32(15-13-23)18-24(30-31-28)17-29-26(33)36-27(9,10)11/h12-15,19-22,24-25,28H,16-18H2,1-11H3/q+1/p+1. The number of hydrogen-bond acceptors (Lipinski definition) is 10. The molecule has 42 heavy (non-hydrogen) atoms. The lowest BCUT2D eigenvalue weighted by Gasteiger charge is -2.35. The Kier molecular flexibility index (Phi) is 15.2. The van der Waals surface area contributed by atoms with E-state index in [4.69, 9.17) is 28.4 Å². The van der Waals surface area contributed by atoms with E-state index in [0.717, 1.165) is 0 Å². The number of amides is 1. The smallest absolute Gasteiger partial charge is 0.407 e. The molecule has 0 bridgehead atoms. The van der Waals surface area contributed by atoms with Crippen LogP contribution in [0.25, 0.3) is 0 Å². The molecule has 0 aromatic carbocycles. The summed E-state index contributed by atoms with van der Waals surface area (Å²) in [5.74, 6) is 0. The zero-order valence-corrected chi connectivity index (χ0v) is 28.7. The van der Waals surface area contributed by atoms with E-state index < -0.39 is 62.7 Å². The van der Waals surface area contributed by atoms with E-state index in [2.05, 4.69) is 15.3 Å². The van der Waals surface area contributed by atoms with E-state index in [1.54, 1.807) is 105 Å². The number of nitrogens with one attached hydrogen (secondary N) is 2. The van der Waals surface area contributed by atoms with Gasteiger partial charge in [-0.15, -0.1) is 0 Å². The predicted octanol–water partition coefficient (Wildman–Crippen LogP) is 6.37. The van der Waals surface area contributed by atoms with Gasteiger partial charge in [-0.2, -0.15) is 0 Å². The molecule has 13 nitrogen and oxygen atoms in total. The van der Waals surface area contributed by atoms with E-state index in [-0.39, 0.29) is 13.0 Å². The van der Waals surface area contributed by atoms with Crippen molar-refractivity contribution in [3.63, 3.8) is 0 Å². The normalized spacial score (nSPS) is 13.6. The highest BCUT2D eigenvalue weighted by Gasteiger charge is 2.53. The fraction of sp³-hybridized carbons (Fsp3) is 0.778. The van der Waals surface area contributed by atoms with Crippen LogP contribution >= 0.6 is 15.2 Å². The number of carbonyl (C=O) groups excluding carboxylic acids is 1. The third-order valence-corrected chi connectivity index (χ3v) is 11.4. The Bertz CT molecular complexity index is 1070. The fourth-order valence-corrected chi connectivity index (χ4v) is 9.76. The van der Waals surface area contributed by atoms with Crippen LogP contribution in [0.3, 0.4) is 0 Å². The van der Waals surface area contributed by atoms with Crippen molar-refractivity contribution in [1.29, 1.82) is 5.53 Å². The second kappa shape index (κ2) is 16.8. The average Bonchev–Trinajstić information content (AvgIpc) is 2.78. The Morgan fingerprint density at radius 2 is 1.33 bits per heavy atom. The Balaban J connectivity index is 3.34. The van der Waals surface area contributed by atoms with Gasteiger partial charge in [0.2, 0.25) is 11.0 Å². The van der Waals surface area contributed by atoms with Crippen LogP contribution in [0.2, 0.25) is 0 Å². The summed E-state index contributed by atoms with van der Waals surface area (Å²) in [5.41, 5.74) is 7.21. The summed E-state index contributed by atoms with van der Waals surface area (Å²) in [7, 11) is -8.08. The van der Waals surface area contributed by atoms with Crippen molar-refractivity contribution in [2.24, 2.45) is 5.11 Å². The van der Waals surface area contributed by atoms with Gasteiger partial charge >= 0.3 is 21.3 Å². The molecule has 1 rings (SSSR count). The number of nitrogens with zero attached hydrogens (tertiary/aromatic N) is 3. The largest absolute Gasteiger partial charge is 0.444 e. The summed E-state index contributed by atoms with van der Waals surface area (Å²) in [6.45, 7) is 19.6. The molecule has 0 aliphatic heterocycles. The highest BCUT2D eigenvalue weighted by Crippen LogP contribution is 2.72. The summed E-state index contributed by atoms with van der Waals surface area (Å²) in [6.07, 6.45) is 1.08. The monoisotopic (exact) mass is 635 g/mol. The lowest BCUT2D eigenvalue weighted by atomic mass is 10.2. The van der Waals surface area contributed by atoms with Crippen LogP contribution in [0.5, 0.6) is 0 Å². The van der Waals surface area contributed by atoms with E-state index >= 15 is 0 Å². The molecule has 0 saturated heterocycles. The minimum absolute atomic E-state index is 0.0321. The summed E-state index contributed by atoms with van der Waals surface area (Å²) in [6, 6.07) is 3.04. The Labute approximate surface area is 250 Å².